The average Bonchev–Trinajstić information content (AvgIpc) is 2.25. The van der Waals surface area contributed by atoms with Gasteiger partial charge in [0, 0.05) is 0 Å². The molecule has 0 aromatic heterocycles. The van der Waals surface area contributed by atoms with Crippen LogP contribution in [-0.2, 0) is 10.3 Å². The Labute approximate surface area is 115 Å². The van der Waals surface area contributed by atoms with Gasteiger partial charge in [0.2, 0.25) is 5.91 Å². The van der Waals surface area contributed by atoms with E-state index < -0.39 is 5.54 Å². The third-order valence-corrected chi connectivity index (χ3v) is 3.68. The van der Waals surface area contributed by atoms with Crippen LogP contribution in [0.5, 0.6) is 0 Å². The van der Waals surface area contributed by atoms with Gasteiger partial charge in [0.05, 0.1) is 11.6 Å². The van der Waals surface area contributed by atoms with E-state index in [-0.39, 0.29) is 12.3 Å². The van der Waals surface area contributed by atoms with E-state index in [1.807, 2.05) is 19.9 Å². The summed E-state index contributed by atoms with van der Waals surface area (Å²) < 4.78 is 0. The fraction of sp³-hybridized carbons (Fsp3) is 0.500. The minimum absolute atomic E-state index is 0.105. The van der Waals surface area contributed by atoms with Crippen molar-refractivity contribution >= 4 is 5.91 Å². The highest BCUT2D eigenvalue weighted by molar-refractivity contribution is 5.79. The molecule has 0 atom stereocenters. The Morgan fingerprint density at radius 2 is 1.68 bits per heavy atom. The fourth-order valence-corrected chi connectivity index (χ4v) is 2.68. The second-order valence-electron chi connectivity index (χ2n) is 5.64. The van der Waals surface area contributed by atoms with E-state index in [0.717, 1.165) is 5.56 Å². The third-order valence-electron chi connectivity index (χ3n) is 3.68. The zero-order chi connectivity index (χ0) is 14.8. The first kappa shape index (κ1) is 15.2. The molecule has 0 aliphatic carbocycles. The van der Waals surface area contributed by atoms with Crippen LogP contribution >= 0.6 is 0 Å². The summed E-state index contributed by atoms with van der Waals surface area (Å²) in [6.45, 7) is 12.3. The molecular formula is C16H22N2O. The van der Waals surface area contributed by atoms with E-state index in [0.29, 0.717) is 0 Å². The second-order valence-corrected chi connectivity index (χ2v) is 5.64. The highest BCUT2D eigenvalue weighted by Gasteiger charge is 2.27. The van der Waals surface area contributed by atoms with Gasteiger partial charge in [-0.25, -0.2) is 0 Å². The van der Waals surface area contributed by atoms with Crippen molar-refractivity contribution in [3.05, 3.63) is 33.9 Å². The van der Waals surface area contributed by atoms with Crippen molar-refractivity contribution in [3.8, 4) is 6.07 Å². The predicted octanol–water partition coefficient (Wildman–Crippen LogP) is 3.19. The van der Waals surface area contributed by atoms with Crippen molar-refractivity contribution in [2.75, 3.05) is 0 Å². The van der Waals surface area contributed by atoms with Crippen LogP contribution in [0, 0.1) is 39.0 Å². The highest BCUT2D eigenvalue weighted by atomic mass is 16.1. The fourth-order valence-electron chi connectivity index (χ4n) is 2.68. The molecule has 0 radical (unpaired) electrons. The van der Waals surface area contributed by atoms with Crippen molar-refractivity contribution in [3.63, 3.8) is 0 Å². The minimum Gasteiger partial charge on any atom is -0.346 e. The summed E-state index contributed by atoms with van der Waals surface area (Å²) in [5.74, 6) is -0.231. The van der Waals surface area contributed by atoms with E-state index in [4.69, 9.17) is 5.26 Å². The zero-order valence-electron chi connectivity index (χ0n) is 12.6. The average molecular weight is 258 g/mol. The van der Waals surface area contributed by atoms with Crippen molar-refractivity contribution in [1.29, 1.82) is 5.26 Å². The lowest BCUT2D eigenvalue weighted by Gasteiger charge is -2.31. The maximum Gasteiger partial charge on any atom is 0.234 e. The van der Waals surface area contributed by atoms with Crippen molar-refractivity contribution in [2.45, 2.75) is 53.5 Å². The Balaban J connectivity index is 3.29. The molecule has 0 aliphatic heterocycles. The summed E-state index contributed by atoms with van der Waals surface area (Å²) in [4.78, 5) is 11.7. The van der Waals surface area contributed by atoms with E-state index >= 15 is 0 Å². The summed E-state index contributed by atoms with van der Waals surface area (Å²) in [7, 11) is 0. The number of hydrogen-bond donors (Lipinski definition) is 1. The van der Waals surface area contributed by atoms with Crippen LogP contribution in [-0.4, -0.2) is 5.91 Å². The Bertz CT molecular complexity index is 525. The van der Waals surface area contributed by atoms with Gasteiger partial charge >= 0.3 is 0 Å². The van der Waals surface area contributed by atoms with Crippen LogP contribution in [0.2, 0.25) is 0 Å². The molecule has 1 aromatic carbocycles. The molecule has 0 saturated heterocycles. The van der Waals surface area contributed by atoms with Gasteiger partial charge in [-0.2, -0.15) is 5.26 Å². The number of nitrogens with one attached hydrogen (secondary N) is 1. The lowest BCUT2D eigenvalue weighted by atomic mass is 9.83. The Morgan fingerprint density at radius 1 is 1.21 bits per heavy atom. The van der Waals surface area contributed by atoms with Gasteiger partial charge in [-0.15, -0.1) is 0 Å². The molecule has 3 nitrogen and oxygen atoms in total. The zero-order valence-corrected chi connectivity index (χ0v) is 12.6. The number of nitrogens with zero attached hydrogens (tertiary/aromatic N) is 1. The molecule has 3 heteroatoms. The molecule has 0 heterocycles. The SMILES string of the molecule is Cc1cc(C)c(C)c(C(C)(C)NC(=O)CC#N)c1C. The van der Waals surface area contributed by atoms with E-state index in [1.54, 1.807) is 0 Å². The van der Waals surface area contributed by atoms with Crippen LogP contribution in [0.4, 0.5) is 0 Å². The highest BCUT2D eigenvalue weighted by Crippen LogP contribution is 2.31. The van der Waals surface area contributed by atoms with Gasteiger partial charge in [-0.1, -0.05) is 6.07 Å². The molecule has 0 bridgehead atoms. The van der Waals surface area contributed by atoms with Gasteiger partial charge in [-0.05, 0) is 69.4 Å². The first-order valence-electron chi connectivity index (χ1n) is 6.46. The summed E-state index contributed by atoms with van der Waals surface area (Å²) in [6, 6.07) is 4.05. The van der Waals surface area contributed by atoms with Crippen molar-refractivity contribution in [2.24, 2.45) is 0 Å². The molecule has 1 aromatic rings. The predicted molar refractivity (Wildman–Crippen MR) is 76.8 cm³/mol. The second kappa shape index (κ2) is 5.44. The number of rotatable bonds is 3. The van der Waals surface area contributed by atoms with Crippen LogP contribution in [0.3, 0.4) is 0 Å². The molecule has 1 N–H and O–H groups in total. The summed E-state index contributed by atoms with van der Waals surface area (Å²) in [5, 5.41) is 11.5. The molecule has 102 valence electrons. The molecule has 0 fully saturated rings. The van der Waals surface area contributed by atoms with Crippen LogP contribution in [0.25, 0.3) is 0 Å². The summed E-state index contributed by atoms with van der Waals surface area (Å²) in [5.41, 5.74) is 5.52. The number of amides is 1. The monoisotopic (exact) mass is 258 g/mol. The molecule has 0 aliphatic rings. The maximum absolute atomic E-state index is 11.7. The van der Waals surface area contributed by atoms with Gasteiger partial charge in [0.1, 0.15) is 6.42 Å². The Hall–Kier alpha value is -1.82. The minimum atomic E-state index is -0.473. The molecule has 0 spiro atoms. The third kappa shape index (κ3) is 3.14. The molecule has 0 saturated carbocycles. The molecule has 1 rings (SSSR count). The number of benzene rings is 1. The normalized spacial score (nSPS) is 11.0. The largest absolute Gasteiger partial charge is 0.346 e. The van der Waals surface area contributed by atoms with E-state index in [9.17, 15) is 4.79 Å². The van der Waals surface area contributed by atoms with E-state index in [1.165, 1.54) is 22.3 Å². The lowest BCUT2D eigenvalue weighted by Crippen LogP contribution is -2.42. The molecule has 0 unspecified atom stereocenters. The smallest absolute Gasteiger partial charge is 0.234 e. The molecule has 1 amide bonds. The maximum atomic E-state index is 11.7. The number of hydrogen-bond acceptors (Lipinski definition) is 2. The van der Waals surface area contributed by atoms with Crippen molar-refractivity contribution < 1.29 is 4.79 Å². The van der Waals surface area contributed by atoms with Crippen LogP contribution in [0.15, 0.2) is 6.07 Å². The van der Waals surface area contributed by atoms with E-state index in [2.05, 4.69) is 39.1 Å². The van der Waals surface area contributed by atoms with Gasteiger partial charge in [0.25, 0.3) is 0 Å². The van der Waals surface area contributed by atoms with Gasteiger partial charge in [0.15, 0.2) is 0 Å². The molecular weight excluding hydrogens is 236 g/mol. The Morgan fingerprint density at radius 3 is 2.11 bits per heavy atom. The topological polar surface area (TPSA) is 52.9 Å². The molecule has 19 heavy (non-hydrogen) atoms. The van der Waals surface area contributed by atoms with Crippen molar-refractivity contribution in [1.82, 2.24) is 5.32 Å². The summed E-state index contributed by atoms with van der Waals surface area (Å²) in [6.07, 6.45) is -0.105. The Kier molecular flexibility index (Phi) is 4.36. The standard InChI is InChI=1S/C16H22N2O/c1-10-9-11(2)13(4)15(12(10)3)16(5,6)18-14(19)7-8-17/h9H,7H2,1-6H3,(H,18,19). The van der Waals surface area contributed by atoms with Crippen LogP contribution < -0.4 is 5.32 Å². The summed E-state index contributed by atoms with van der Waals surface area (Å²) >= 11 is 0. The lowest BCUT2D eigenvalue weighted by molar-refractivity contribution is -0.121. The number of nitriles is 1. The number of carbonyl (C=O) groups is 1. The van der Waals surface area contributed by atoms with Gasteiger partial charge < -0.3 is 5.32 Å². The first-order valence-corrected chi connectivity index (χ1v) is 6.46. The van der Waals surface area contributed by atoms with Gasteiger partial charge in [-0.3, -0.25) is 4.79 Å². The first-order chi connectivity index (χ1) is 8.70. The van der Waals surface area contributed by atoms with Crippen LogP contribution in [0.1, 0.15) is 48.1 Å². The number of carbonyl (C=O) groups excluding carboxylic acids is 1. The quantitative estimate of drug-likeness (QED) is 0.905. The number of aryl methyl sites for hydroxylation is 2.